The number of hydrogen-bond donors (Lipinski definition) is 5. The lowest BCUT2D eigenvalue weighted by Crippen LogP contribution is -2.05. The van der Waals surface area contributed by atoms with Crippen molar-refractivity contribution < 1.29 is 68.4 Å². The molecule has 14 heteroatoms. The highest BCUT2D eigenvalue weighted by Gasteiger charge is 2.07. The second kappa shape index (κ2) is 31.0. The molecule has 5 aromatic rings. The number of esters is 4. The highest BCUT2D eigenvalue weighted by Crippen LogP contribution is 2.13. The lowest BCUT2D eigenvalue weighted by molar-refractivity contribution is 0.0492. The van der Waals surface area contributed by atoms with Crippen LogP contribution in [0.4, 0.5) is 0 Å². The second-order valence-corrected chi connectivity index (χ2v) is 11.9. The lowest BCUT2D eigenvalue weighted by Gasteiger charge is -2.03. The Morgan fingerprint density at radius 3 is 1.15 bits per heavy atom. The standard InChI is InChI=1S/C11H14O3.C10H12O3.C9H10O3.C8H8O3.C8H10O2/c1-2-3-8-14-11(13)9-4-6-10(12)7-5-9;1-2-7-13-10(12)8-3-5-9(11)6-4-8;1-2-12-9(11)7-3-5-8(10)6-4-7;1-11-8(10)6-2-4-7(9)5-3-6;9-6-7-10-8-4-2-1-3-5-8/h4-7,12H,2-3,8H2,1H3;3-6,11H,2,7H2,1H3;3-6,10H,2H2,1H3;2-5,9H,1H3;1-5,9H,6-7H2. The molecule has 0 atom stereocenters. The topological polar surface area (TPSA) is 216 Å². The summed E-state index contributed by atoms with van der Waals surface area (Å²) in [6, 6.07) is 33.3. The molecule has 5 aromatic carbocycles. The molecular formula is C46H54O14. The second-order valence-electron chi connectivity index (χ2n) is 11.9. The minimum atomic E-state index is -0.398. The van der Waals surface area contributed by atoms with Crippen LogP contribution in [0.2, 0.25) is 0 Å². The summed E-state index contributed by atoms with van der Waals surface area (Å²) in [7, 11) is 1.31. The van der Waals surface area contributed by atoms with E-state index in [0.717, 1.165) is 25.0 Å². The van der Waals surface area contributed by atoms with Crippen molar-refractivity contribution in [2.24, 2.45) is 0 Å². The highest BCUT2D eigenvalue weighted by molar-refractivity contribution is 5.90. The molecule has 14 nitrogen and oxygen atoms in total. The highest BCUT2D eigenvalue weighted by atomic mass is 16.5. The van der Waals surface area contributed by atoms with Crippen LogP contribution in [0.15, 0.2) is 127 Å². The van der Waals surface area contributed by atoms with Gasteiger partial charge in [0.25, 0.3) is 0 Å². The Kier molecular flexibility index (Phi) is 26.3. The van der Waals surface area contributed by atoms with Gasteiger partial charge in [-0.2, -0.15) is 0 Å². The number of rotatable bonds is 13. The molecule has 0 saturated carbocycles. The minimum Gasteiger partial charge on any atom is -0.508 e. The molecule has 60 heavy (non-hydrogen) atoms. The van der Waals surface area contributed by atoms with Gasteiger partial charge in [0.1, 0.15) is 35.4 Å². The van der Waals surface area contributed by atoms with E-state index in [0.29, 0.717) is 48.7 Å². The van der Waals surface area contributed by atoms with Crippen LogP contribution in [0.25, 0.3) is 0 Å². The molecular weight excluding hydrogens is 776 g/mol. The molecule has 0 unspecified atom stereocenters. The first-order valence-electron chi connectivity index (χ1n) is 18.9. The predicted octanol–water partition coefficient (Wildman–Crippen LogP) is 8.11. The van der Waals surface area contributed by atoms with Gasteiger partial charge in [-0.15, -0.1) is 0 Å². The fraction of sp³-hybridized carbons (Fsp3) is 0.261. The molecule has 0 radical (unpaired) electrons. The van der Waals surface area contributed by atoms with E-state index in [-0.39, 0.29) is 47.5 Å². The van der Waals surface area contributed by atoms with Gasteiger partial charge in [-0.05, 0) is 129 Å². The molecule has 0 bridgehead atoms. The number of phenolic OH excluding ortho intramolecular Hbond substituents is 4. The Morgan fingerprint density at radius 2 is 0.817 bits per heavy atom. The van der Waals surface area contributed by atoms with E-state index in [9.17, 15) is 19.2 Å². The van der Waals surface area contributed by atoms with E-state index < -0.39 is 5.97 Å². The minimum absolute atomic E-state index is 0.0644. The summed E-state index contributed by atoms with van der Waals surface area (Å²) in [5, 5.41) is 44.1. The summed E-state index contributed by atoms with van der Waals surface area (Å²) in [6.45, 7) is 7.39. The molecule has 0 aromatic heterocycles. The summed E-state index contributed by atoms with van der Waals surface area (Å²) in [5.41, 5.74) is 1.82. The van der Waals surface area contributed by atoms with Crippen LogP contribution in [0.1, 0.15) is 81.5 Å². The van der Waals surface area contributed by atoms with Crippen molar-refractivity contribution in [1.29, 1.82) is 0 Å². The monoisotopic (exact) mass is 830 g/mol. The fourth-order valence-corrected chi connectivity index (χ4v) is 4.07. The molecule has 0 aliphatic heterocycles. The average Bonchev–Trinajstić information content (AvgIpc) is 3.27. The molecule has 0 fully saturated rings. The lowest BCUT2D eigenvalue weighted by atomic mass is 10.2. The number of aliphatic hydroxyl groups is 1. The van der Waals surface area contributed by atoms with Gasteiger partial charge in [-0.1, -0.05) is 38.5 Å². The number of aliphatic hydroxyl groups excluding tert-OH is 1. The zero-order valence-corrected chi connectivity index (χ0v) is 34.2. The number of para-hydroxylation sites is 1. The van der Waals surface area contributed by atoms with Crippen LogP contribution in [0.5, 0.6) is 28.7 Å². The first-order valence-corrected chi connectivity index (χ1v) is 18.9. The van der Waals surface area contributed by atoms with Gasteiger partial charge in [0.05, 0.1) is 55.8 Å². The maximum absolute atomic E-state index is 11.3. The van der Waals surface area contributed by atoms with Gasteiger partial charge in [-0.3, -0.25) is 0 Å². The molecule has 322 valence electrons. The quantitative estimate of drug-likeness (QED) is 0.0431. The predicted molar refractivity (Wildman–Crippen MR) is 225 cm³/mol. The zero-order valence-electron chi connectivity index (χ0n) is 34.2. The van der Waals surface area contributed by atoms with Gasteiger partial charge in [-0.25, -0.2) is 19.2 Å². The van der Waals surface area contributed by atoms with E-state index in [2.05, 4.69) is 4.74 Å². The first-order chi connectivity index (χ1) is 28.9. The summed E-state index contributed by atoms with van der Waals surface area (Å²) in [6.07, 6.45) is 2.69. The largest absolute Gasteiger partial charge is 0.508 e. The van der Waals surface area contributed by atoms with Crippen molar-refractivity contribution in [1.82, 2.24) is 0 Å². The summed E-state index contributed by atoms with van der Waals surface area (Å²) in [5.74, 6) is -0.0674. The third-order valence-electron chi connectivity index (χ3n) is 7.14. The summed E-state index contributed by atoms with van der Waals surface area (Å²) < 4.78 is 24.2. The van der Waals surface area contributed by atoms with Crippen LogP contribution in [0.3, 0.4) is 0 Å². The van der Waals surface area contributed by atoms with E-state index >= 15 is 0 Å². The Hall–Kier alpha value is -7.06. The molecule has 0 spiro atoms. The number of phenols is 4. The van der Waals surface area contributed by atoms with E-state index in [1.165, 1.54) is 92.0 Å². The normalized spacial score (nSPS) is 9.48. The Morgan fingerprint density at radius 1 is 0.450 bits per heavy atom. The maximum atomic E-state index is 11.3. The SMILES string of the molecule is CCCCOC(=O)c1ccc(O)cc1.CCCOC(=O)c1ccc(O)cc1.CCOC(=O)c1ccc(O)cc1.COC(=O)c1ccc(O)cc1.OCCOc1ccccc1. The van der Waals surface area contributed by atoms with Crippen molar-refractivity contribution in [3.8, 4) is 28.7 Å². The van der Waals surface area contributed by atoms with Gasteiger partial charge in [0, 0.05) is 0 Å². The molecule has 0 saturated heterocycles. The molecule has 0 heterocycles. The van der Waals surface area contributed by atoms with Gasteiger partial charge >= 0.3 is 23.9 Å². The van der Waals surface area contributed by atoms with Crippen LogP contribution in [-0.4, -0.2) is 89.6 Å². The van der Waals surface area contributed by atoms with Crippen molar-refractivity contribution >= 4 is 23.9 Å². The smallest absolute Gasteiger partial charge is 0.338 e. The summed E-state index contributed by atoms with van der Waals surface area (Å²) >= 11 is 0. The summed E-state index contributed by atoms with van der Waals surface area (Å²) in [4.78, 5) is 44.4. The van der Waals surface area contributed by atoms with Crippen LogP contribution >= 0.6 is 0 Å². The molecule has 0 aliphatic carbocycles. The van der Waals surface area contributed by atoms with Gasteiger partial charge in [0.2, 0.25) is 0 Å². The van der Waals surface area contributed by atoms with Crippen molar-refractivity contribution in [2.75, 3.05) is 40.1 Å². The number of methoxy groups -OCH3 is 1. The number of carbonyl (C=O) groups excluding carboxylic acids is 4. The molecule has 0 amide bonds. The number of hydrogen-bond acceptors (Lipinski definition) is 14. The number of ether oxygens (including phenoxy) is 5. The van der Waals surface area contributed by atoms with Crippen LogP contribution < -0.4 is 4.74 Å². The number of carbonyl (C=O) groups is 4. The number of unbranched alkanes of at least 4 members (excludes halogenated alkanes) is 1. The van der Waals surface area contributed by atoms with Crippen molar-refractivity contribution in [2.45, 2.75) is 40.0 Å². The average molecular weight is 831 g/mol. The fourth-order valence-electron chi connectivity index (χ4n) is 4.07. The first kappa shape index (κ1) is 51.0. The van der Waals surface area contributed by atoms with Crippen molar-refractivity contribution in [3.63, 3.8) is 0 Å². The maximum Gasteiger partial charge on any atom is 0.338 e. The van der Waals surface area contributed by atoms with E-state index in [4.69, 9.17) is 44.5 Å². The third-order valence-corrected chi connectivity index (χ3v) is 7.14. The molecule has 5 rings (SSSR count). The third kappa shape index (κ3) is 22.6. The van der Waals surface area contributed by atoms with Crippen LogP contribution in [0, 0.1) is 0 Å². The molecule has 5 N–H and O–H groups in total. The Labute approximate surface area is 350 Å². The number of aromatic hydroxyl groups is 4. The van der Waals surface area contributed by atoms with E-state index in [1.54, 1.807) is 19.1 Å². The zero-order chi connectivity index (χ0) is 44.5. The number of benzene rings is 5. The molecule has 0 aliphatic rings. The Bertz CT molecular complexity index is 1910. The van der Waals surface area contributed by atoms with Gasteiger partial charge < -0.3 is 49.2 Å². The van der Waals surface area contributed by atoms with Gasteiger partial charge in [0.15, 0.2) is 0 Å². The Balaban J connectivity index is 0.000000377. The van der Waals surface area contributed by atoms with Crippen molar-refractivity contribution in [3.05, 3.63) is 150 Å². The van der Waals surface area contributed by atoms with Crippen LogP contribution in [-0.2, 0) is 18.9 Å². The van der Waals surface area contributed by atoms with E-state index in [1.807, 2.05) is 44.2 Å².